The van der Waals surface area contributed by atoms with Crippen molar-refractivity contribution in [3.8, 4) is 33.4 Å². The third kappa shape index (κ3) is 5.34. The molecule has 11 rings (SSSR count). The Hall–Kier alpha value is -7.42. The molecule has 10 aromatic carbocycles. The summed E-state index contributed by atoms with van der Waals surface area (Å²) in [6, 6.07) is 76.4. The number of benzene rings is 10. The molecule has 0 aliphatic heterocycles. The molecule has 11 aromatic rings. The number of anilines is 3. The highest BCUT2D eigenvalue weighted by atomic mass is 16.3. The maximum atomic E-state index is 6.38. The molecule has 0 aliphatic carbocycles. The molecule has 0 radical (unpaired) electrons. The zero-order valence-electron chi connectivity index (χ0n) is 30.6. The molecule has 2 nitrogen and oxygen atoms in total. The minimum atomic E-state index is 0.910. The van der Waals surface area contributed by atoms with Gasteiger partial charge < -0.3 is 9.32 Å². The van der Waals surface area contributed by atoms with Gasteiger partial charge in [-0.15, -0.1) is 0 Å². The van der Waals surface area contributed by atoms with Crippen molar-refractivity contribution in [3.63, 3.8) is 0 Å². The van der Waals surface area contributed by atoms with Gasteiger partial charge in [-0.2, -0.15) is 0 Å². The Morgan fingerprint density at radius 2 is 0.750 bits per heavy atom. The molecule has 0 saturated heterocycles. The fourth-order valence-electron chi connectivity index (χ4n) is 8.56. The van der Waals surface area contributed by atoms with E-state index in [0.717, 1.165) is 50.1 Å². The largest absolute Gasteiger partial charge is 0.455 e. The van der Waals surface area contributed by atoms with Crippen molar-refractivity contribution in [2.24, 2.45) is 0 Å². The number of para-hydroxylation sites is 3. The molecule has 0 aliphatic rings. The molecule has 0 fully saturated rings. The van der Waals surface area contributed by atoms with Crippen LogP contribution in [0.5, 0.6) is 0 Å². The summed E-state index contributed by atoms with van der Waals surface area (Å²) in [5.41, 5.74) is 12.1. The molecule has 0 saturated carbocycles. The standard InChI is InChI=1S/C54H35NO/c1-2-13-41(14-3-1)55(42-31-28-38(29-32-42)44-21-11-22-51-50-20-8-9-23-53(50)56-54(44)51)43-15-10-12-39(34-43)36-24-26-37(27-25-36)40-30-33-49-47-18-5-4-16-45(47)46-17-6-7-19-48(46)52(49)35-40/h1-35H. The van der Waals surface area contributed by atoms with Crippen molar-refractivity contribution in [3.05, 3.63) is 212 Å². The van der Waals surface area contributed by atoms with Crippen molar-refractivity contribution >= 4 is 71.3 Å². The summed E-state index contributed by atoms with van der Waals surface area (Å²) in [6.45, 7) is 0. The summed E-state index contributed by atoms with van der Waals surface area (Å²) in [6.07, 6.45) is 0. The Kier molecular flexibility index (Phi) is 7.53. The minimum Gasteiger partial charge on any atom is -0.455 e. The Balaban J connectivity index is 0.939. The molecule has 0 spiro atoms. The van der Waals surface area contributed by atoms with Gasteiger partial charge in [0.25, 0.3) is 0 Å². The van der Waals surface area contributed by atoms with Gasteiger partial charge in [0, 0.05) is 33.4 Å². The summed E-state index contributed by atoms with van der Waals surface area (Å²) < 4.78 is 6.38. The molecular formula is C54H35NO. The topological polar surface area (TPSA) is 16.4 Å². The van der Waals surface area contributed by atoms with Crippen molar-refractivity contribution in [1.29, 1.82) is 0 Å². The second-order valence-corrected chi connectivity index (χ2v) is 14.5. The number of rotatable bonds is 6. The monoisotopic (exact) mass is 713 g/mol. The van der Waals surface area contributed by atoms with Crippen LogP contribution >= 0.6 is 0 Å². The van der Waals surface area contributed by atoms with E-state index in [-0.39, 0.29) is 0 Å². The smallest absolute Gasteiger partial charge is 0.143 e. The maximum Gasteiger partial charge on any atom is 0.143 e. The highest BCUT2D eigenvalue weighted by Gasteiger charge is 2.16. The van der Waals surface area contributed by atoms with Gasteiger partial charge in [-0.25, -0.2) is 0 Å². The second kappa shape index (κ2) is 13.2. The van der Waals surface area contributed by atoms with E-state index in [4.69, 9.17) is 4.42 Å². The number of hydrogen-bond donors (Lipinski definition) is 0. The summed E-state index contributed by atoms with van der Waals surface area (Å²) >= 11 is 0. The summed E-state index contributed by atoms with van der Waals surface area (Å²) in [5, 5.41) is 10.0. The third-order valence-corrected chi connectivity index (χ3v) is 11.3. The van der Waals surface area contributed by atoms with E-state index in [1.165, 1.54) is 54.6 Å². The van der Waals surface area contributed by atoms with Crippen molar-refractivity contribution in [2.75, 3.05) is 4.90 Å². The Morgan fingerprint density at radius 1 is 0.268 bits per heavy atom. The van der Waals surface area contributed by atoms with Crippen LogP contribution in [0.25, 0.3) is 87.6 Å². The quantitative estimate of drug-likeness (QED) is 0.160. The van der Waals surface area contributed by atoms with E-state index in [1.54, 1.807) is 0 Å². The number of fused-ring (bicyclic) bond motifs is 9. The highest BCUT2D eigenvalue weighted by Crippen LogP contribution is 2.41. The zero-order chi connectivity index (χ0) is 37.0. The molecule has 262 valence electrons. The molecule has 0 atom stereocenters. The van der Waals surface area contributed by atoms with Crippen LogP contribution < -0.4 is 4.90 Å². The zero-order valence-corrected chi connectivity index (χ0v) is 30.6. The fourth-order valence-corrected chi connectivity index (χ4v) is 8.56. The van der Waals surface area contributed by atoms with Gasteiger partial charge in [-0.3, -0.25) is 0 Å². The van der Waals surface area contributed by atoms with Crippen LogP contribution in [-0.4, -0.2) is 0 Å². The highest BCUT2D eigenvalue weighted by molar-refractivity contribution is 6.25. The average Bonchev–Trinajstić information content (AvgIpc) is 3.66. The van der Waals surface area contributed by atoms with Crippen LogP contribution in [0.4, 0.5) is 17.1 Å². The molecule has 1 aromatic heterocycles. The fraction of sp³-hybridized carbons (Fsp3) is 0. The molecule has 0 amide bonds. The summed E-state index contributed by atoms with van der Waals surface area (Å²) in [5.74, 6) is 0. The number of nitrogens with zero attached hydrogens (tertiary/aromatic N) is 1. The van der Waals surface area contributed by atoms with E-state index in [2.05, 4.69) is 205 Å². The first-order valence-electron chi connectivity index (χ1n) is 19.2. The van der Waals surface area contributed by atoms with Gasteiger partial charge in [-0.1, -0.05) is 164 Å². The number of furan rings is 1. The van der Waals surface area contributed by atoms with Gasteiger partial charge in [0.1, 0.15) is 11.2 Å². The maximum absolute atomic E-state index is 6.38. The van der Waals surface area contributed by atoms with Gasteiger partial charge >= 0.3 is 0 Å². The van der Waals surface area contributed by atoms with E-state index < -0.39 is 0 Å². The predicted molar refractivity (Wildman–Crippen MR) is 237 cm³/mol. The van der Waals surface area contributed by atoms with Gasteiger partial charge in [0.2, 0.25) is 0 Å². The first-order valence-corrected chi connectivity index (χ1v) is 19.2. The summed E-state index contributed by atoms with van der Waals surface area (Å²) in [4.78, 5) is 2.33. The van der Waals surface area contributed by atoms with Gasteiger partial charge in [0.15, 0.2) is 0 Å². The first-order chi connectivity index (χ1) is 27.8. The molecular weight excluding hydrogens is 679 g/mol. The first kappa shape index (κ1) is 32.0. The van der Waals surface area contributed by atoms with Crippen LogP contribution in [0.1, 0.15) is 0 Å². The Morgan fingerprint density at radius 3 is 1.45 bits per heavy atom. The lowest BCUT2D eigenvalue weighted by atomic mass is 9.92. The van der Waals surface area contributed by atoms with Crippen molar-refractivity contribution < 1.29 is 4.42 Å². The van der Waals surface area contributed by atoms with Gasteiger partial charge in [-0.05, 0) is 109 Å². The van der Waals surface area contributed by atoms with E-state index in [9.17, 15) is 0 Å². The Labute approximate surface area is 325 Å². The molecule has 56 heavy (non-hydrogen) atoms. The molecule has 0 N–H and O–H groups in total. The van der Waals surface area contributed by atoms with E-state index >= 15 is 0 Å². The predicted octanol–water partition coefficient (Wildman–Crippen LogP) is 15.5. The number of hydrogen-bond acceptors (Lipinski definition) is 2. The van der Waals surface area contributed by atoms with Crippen LogP contribution in [0.3, 0.4) is 0 Å². The SMILES string of the molecule is c1ccc(N(c2ccc(-c3cccc4c3oc3ccccc34)cc2)c2cccc(-c3ccc(-c4ccc5c6ccccc6c6ccccc6c5c4)cc3)c2)cc1. The molecule has 2 heteroatoms. The lowest BCUT2D eigenvalue weighted by Gasteiger charge is -2.26. The summed E-state index contributed by atoms with van der Waals surface area (Å²) in [7, 11) is 0. The lowest BCUT2D eigenvalue weighted by molar-refractivity contribution is 0.670. The van der Waals surface area contributed by atoms with E-state index in [1.807, 2.05) is 12.1 Å². The van der Waals surface area contributed by atoms with Crippen molar-refractivity contribution in [2.45, 2.75) is 0 Å². The molecule has 0 unspecified atom stereocenters. The van der Waals surface area contributed by atoms with Crippen LogP contribution in [-0.2, 0) is 0 Å². The lowest BCUT2D eigenvalue weighted by Crippen LogP contribution is -2.09. The minimum absolute atomic E-state index is 0.910. The van der Waals surface area contributed by atoms with Crippen molar-refractivity contribution in [1.82, 2.24) is 0 Å². The second-order valence-electron chi connectivity index (χ2n) is 14.5. The van der Waals surface area contributed by atoms with E-state index in [0.29, 0.717) is 0 Å². The van der Waals surface area contributed by atoms with Gasteiger partial charge in [0.05, 0.1) is 0 Å². The molecule has 1 heterocycles. The Bertz CT molecular complexity index is 3200. The molecule has 0 bridgehead atoms. The van der Waals surface area contributed by atoms with Crippen LogP contribution in [0.2, 0.25) is 0 Å². The van der Waals surface area contributed by atoms with Crippen LogP contribution in [0.15, 0.2) is 217 Å². The third-order valence-electron chi connectivity index (χ3n) is 11.3. The normalized spacial score (nSPS) is 11.6. The van der Waals surface area contributed by atoms with Crippen LogP contribution in [0, 0.1) is 0 Å². The average molecular weight is 714 g/mol.